The Bertz CT molecular complexity index is 3170. The summed E-state index contributed by atoms with van der Waals surface area (Å²) in [6.45, 7) is 7.01. The van der Waals surface area contributed by atoms with Crippen molar-refractivity contribution in [1.82, 2.24) is 10.6 Å². The number of halogens is 3. The molecule has 17 nitrogen and oxygen atoms in total. The van der Waals surface area contributed by atoms with Crippen LogP contribution in [0.2, 0.25) is 0 Å². The van der Waals surface area contributed by atoms with Gasteiger partial charge in [-0.25, -0.2) is 4.79 Å². The number of nitrogens with one attached hydrogen (secondary N) is 2. The molecule has 0 radical (unpaired) electrons. The fourth-order valence-corrected chi connectivity index (χ4v) is 12.7. The van der Waals surface area contributed by atoms with Gasteiger partial charge in [0, 0.05) is 6.66 Å². The van der Waals surface area contributed by atoms with Crippen LogP contribution >= 0.6 is 42.4 Å². The van der Waals surface area contributed by atoms with Crippen molar-refractivity contribution < 1.29 is 70.6 Å². The molecule has 2 amide bonds. The third kappa shape index (κ3) is 27.3. The van der Waals surface area contributed by atoms with Gasteiger partial charge in [0.05, 0.1) is 72.0 Å². The lowest BCUT2D eigenvalue weighted by atomic mass is 9.95. The third-order valence-electron chi connectivity index (χ3n) is 16.3. The molecule has 0 bridgehead atoms. The Kier molecular flexibility index (Phi) is 33.2. The summed E-state index contributed by atoms with van der Waals surface area (Å²) in [6, 6.07) is 55.0. The molecule has 21 heteroatoms. The molecular weight excluding hydrogens is 1310 g/mol. The van der Waals surface area contributed by atoms with Gasteiger partial charge in [-0.2, -0.15) is 0 Å². The number of amides is 2. The summed E-state index contributed by atoms with van der Waals surface area (Å²) in [5.74, 6) is -0.304. The van der Waals surface area contributed by atoms with Gasteiger partial charge in [0.1, 0.15) is 55.3 Å². The molecule has 2 heterocycles. The zero-order valence-corrected chi connectivity index (χ0v) is 58.2. The second kappa shape index (κ2) is 41.8. The number of benzene rings is 6. The molecule has 0 aromatic heterocycles. The molecule has 96 heavy (non-hydrogen) atoms. The van der Waals surface area contributed by atoms with Crippen LogP contribution in [-0.2, 0) is 105 Å². The first-order chi connectivity index (χ1) is 46.7. The van der Waals surface area contributed by atoms with Crippen LogP contribution in [0.15, 0.2) is 195 Å². The van der Waals surface area contributed by atoms with Gasteiger partial charge in [-0.15, -0.1) is 6.58 Å². The van der Waals surface area contributed by atoms with Crippen LogP contribution in [0.3, 0.4) is 0 Å². The standard InChI is InChI=1S/C75H94Cl3N2O15P/c1-4-6-7-8-9-10-11-12-31-44-62(86-48-57-34-21-14-22-35-57)46-65(81)79-66-70(88-50-59-38-25-16-26-39-59)68(87-49-58-36-23-15-24-37-58)64(94-72(66)85-45-5-2)54-90-73-67(80-74(82)91-55-75(76,77)78)71(89-51-60-40-27-17-28-41-60)69(63(93-73)53-84-47-56-32-19-13-20-33-56)95-96(3,83)92-52-61-42-29-18-30-43-61/h5,13-30,32-43,62-64,66-73H,2,4,6-12,31,44-55H2,1,3H3,(H,79,81)(H,80,82)/t62-,63?,64?,66?,67?,68?,69?,70?,71?,72?,73?,96?/m1/s1. The fraction of sp³-hybridized carbons (Fsp3) is 0.467. The third-order valence-corrected chi connectivity index (χ3v) is 17.9. The van der Waals surface area contributed by atoms with E-state index < -0.39 is 91.5 Å². The minimum absolute atomic E-state index is 0.0177. The molecule has 0 saturated carbocycles. The summed E-state index contributed by atoms with van der Waals surface area (Å²) in [5, 5.41) is 6.18. The predicted molar refractivity (Wildman–Crippen MR) is 372 cm³/mol. The molecule has 12 atom stereocenters. The summed E-state index contributed by atoms with van der Waals surface area (Å²) in [5.41, 5.74) is 5.07. The number of hydrogen-bond donors (Lipinski definition) is 2. The van der Waals surface area contributed by atoms with Gasteiger partial charge in [0.15, 0.2) is 12.6 Å². The van der Waals surface area contributed by atoms with Crippen LogP contribution in [0.4, 0.5) is 4.79 Å². The van der Waals surface area contributed by atoms with Gasteiger partial charge in [-0.1, -0.05) is 288 Å². The van der Waals surface area contributed by atoms with Gasteiger partial charge in [0.2, 0.25) is 9.70 Å². The summed E-state index contributed by atoms with van der Waals surface area (Å²) in [6.07, 6.45) is 1.86. The highest BCUT2D eigenvalue weighted by atomic mass is 35.6. The Labute approximate surface area is 581 Å². The topological polar surface area (TPSA) is 186 Å². The molecule has 0 spiro atoms. The van der Waals surface area contributed by atoms with Crippen LogP contribution in [0.1, 0.15) is 111 Å². The van der Waals surface area contributed by atoms with Gasteiger partial charge in [0.25, 0.3) is 0 Å². The smallest absolute Gasteiger partial charge is 0.407 e. The molecule has 2 aliphatic rings. The van der Waals surface area contributed by atoms with Crippen molar-refractivity contribution in [1.29, 1.82) is 0 Å². The Balaban J connectivity index is 1.14. The lowest BCUT2D eigenvalue weighted by Crippen LogP contribution is -2.68. The molecule has 2 N–H and O–H groups in total. The van der Waals surface area contributed by atoms with Crippen molar-refractivity contribution in [3.8, 4) is 0 Å². The van der Waals surface area contributed by atoms with E-state index in [9.17, 15) is 14.2 Å². The predicted octanol–water partition coefficient (Wildman–Crippen LogP) is 15.9. The van der Waals surface area contributed by atoms with Gasteiger partial charge >= 0.3 is 13.7 Å². The van der Waals surface area contributed by atoms with Crippen molar-refractivity contribution in [2.24, 2.45) is 0 Å². The Morgan fingerprint density at radius 1 is 0.531 bits per heavy atom. The largest absolute Gasteiger partial charge is 0.445 e. The second-order valence-electron chi connectivity index (χ2n) is 24.1. The Morgan fingerprint density at radius 3 is 1.46 bits per heavy atom. The van der Waals surface area contributed by atoms with Crippen LogP contribution in [-0.4, -0.2) is 116 Å². The molecular formula is C75H94Cl3N2O15P. The zero-order chi connectivity index (χ0) is 67.6. The summed E-state index contributed by atoms with van der Waals surface area (Å²) in [7, 11) is -4.05. The normalized spacial score (nSPS) is 22.1. The van der Waals surface area contributed by atoms with Crippen LogP contribution < -0.4 is 10.6 Å². The van der Waals surface area contributed by atoms with Gasteiger partial charge in [-0.05, 0) is 39.8 Å². The molecule has 0 aliphatic carbocycles. The number of rotatable bonds is 42. The van der Waals surface area contributed by atoms with Gasteiger partial charge < -0.3 is 62.5 Å². The fourth-order valence-electron chi connectivity index (χ4n) is 11.4. The van der Waals surface area contributed by atoms with E-state index in [1.54, 1.807) is 6.08 Å². The number of carbonyl (C=O) groups excluding carboxylic acids is 2. The first kappa shape index (κ1) is 76.2. The van der Waals surface area contributed by atoms with Crippen molar-refractivity contribution in [2.75, 3.05) is 33.1 Å². The maximum atomic E-state index is 14.9. The number of alkyl carbamates (subject to hydrolysis) is 1. The number of alkyl halides is 3. The zero-order valence-electron chi connectivity index (χ0n) is 55.0. The van der Waals surface area contributed by atoms with Crippen molar-refractivity contribution in [2.45, 2.75) is 188 Å². The monoisotopic (exact) mass is 1400 g/mol. The minimum Gasteiger partial charge on any atom is -0.445 e. The molecule has 2 fully saturated rings. The summed E-state index contributed by atoms with van der Waals surface area (Å²) >= 11 is 18.4. The highest BCUT2D eigenvalue weighted by Gasteiger charge is 2.53. The van der Waals surface area contributed by atoms with E-state index in [2.05, 4.69) is 24.1 Å². The molecule has 6 aromatic carbocycles. The maximum Gasteiger partial charge on any atom is 0.407 e. The lowest BCUT2D eigenvalue weighted by Gasteiger charge is -2.48. The number of carbonyl (C=O) groups is 2. The first-order valence-corrected chi connectivity index (χ1v) is 36.5. The highest BCUT2D eigenvalue weighted by molar-refractivity contribution is 7.52. The Morgan fingerprint density at radius 2 is 0.958 bits per heavy atom. The molecule has 520 valence electrons. The van der Waals surface area contributed by atoms with Crippen molar-refractivity contribution in [3.63, 3.8) is 0 Å². The van der Waals surface area contributed by atoms with E-state index in [4.69, 9.17) is 91.2 Å². The summed E-state index contributed by atoms with van der Waals surface area (Å²) in [4.78, 5) is 29.2. The molecule has 2 saturated heterocycles. The van der Waals surface area contributed by atoms with E-state index in [-0.39, 0.29) is 65.2 Å². The first-order valence-electron chi connectivity index (χ1n) is 33.3. The van der Waals surface area contributed by atoms with Gasteiger partial charge in [-0.3, -0.25) is 13.9 Å². The highest BCUT2D eigenvalue weighted by Crippen LogP contribution is 2.49. The maximum absolute atomic E-state index is 14.9. The average Bonchev–Trinajstić information content (AvgIpc) is 0.790. The van der Waals surface area contributed by atoms with E-state index in [1.807, 2.05) is 182 Å². The van der Waals surface area contributed by atoms with E-state index in [0.29, 0.717) is 13.0 Å². The van der Waals surface area contributed by atoms with Crippen LogP contribution in [0.5, 0.6) is 0 Å². The quantitative estimate of drug-likeness (QED) is 0.0159. The van der Waals surface area contributed by atoms with Crippen LogP contribution in [0.25, 0.3) is 0 Å². The molecule has 2 aliphatic heterocycles. The van der Waals surface area contributed by atoms with Crippen molar-refractivity contribution >= 4 is 54.4 Å². The SMILES string of the molecule is C=CCOC1OC(COC2OC(COCc3ccccc3)C(OP(C)(=O)OCc3ccccc3)C(OCc3ccccc3)C2NC(=O)OCC(Cl)(Cl)Cl)C(OCc2ccccc2)C(OCc2ccccc2)C1NC(=O)C[C@@H](CCCCCCCCCCC)OCc1ccccc1. The molecule has 11 unspecified atom stereocenters. The molecule has 8 rings (SSSR count). The Hall–Kier alpha value is -5.54. The second-order valence-corrected chi connectivity index (χ2v) is 28.6. The van der Waals surface area contributed by atoms with Crippen LogP contribution in [0, 0.1) is 0 Å². The number of ether oxygens (including phenoxy) is 10. The number of hydrogen-bond acceptors (Lipinski definition) is 15. The lowest BCUT2D eigenvalue weighted by molar-refractivity contribution is -0.313. The van der Waals surface area contributed by atoms with E-state index in [1.165, 1.54) is 45.2 Å². The van der Waals surface area contributed by atoms with Crippen molar-refractivity contribution in [3.05, 3.63) is 228 Å². The summed E-state index contributed by atoms with van der Waals surface area (Å²) < 4.78 is 92.5. The number of unbranched alkanes of at least 4 members (excludes halogenated alkanes) is 8. The average molecular weight is 1400 g/mol. The minimum atomic E-state index is -4.05. The van der Waals surface area contributed by atoms with E-state index >= 15 is 0 Å². The van der Waals surface area contributed by atoms with E-state index in [0.717, 1.165) is 52.6 Å². The molecule has 6 aromatic rings.